The average molecular weight is 295 g/mol. The Balaban J connectivity index is 2.02. The lowest BCUT2D eigenvalue weighted by atomic mass is 10.2. The summed E-state index contributed by atoms with van der Waals surface area (Å²) < 4.78 is 2.16. The van der Waals surface area contributed by atoms with Crippen LogP contribution in [0.1, 0.15) is 12.8 Å². The number of hydrogen-bond acceptors (Lipinski definition) is 5. The molecule has 19 heavy (non-hydrogen) atoms. The summed E-state index contributed by atoms with van der Waals surface area (Å²) in [5.74, 6) is 0.0594. The molecule has 0 unspecified atom stereocenters. The highest BCUT2D eigenvalue weighted by molar-refractivity contribution is 8.00. The molecule has 2 aromatic rings. The number of carbonyl (C=O) groups excluding carboxylic acids is 1. The van der Waals surface area contributed by atoms with E-state index < -0.39 is 0 Å². The average Bonchev–Trinajstić information content (AvgIpc) is 2.81. The monoisotopic (exact) mass is 295 g/mol. The second-order valence-corrected chi connectivity index (χ2v) is 6.21. The number of anilines is 1. The molecule has 6 heteroatoms. The Hall–Kier alpha value is -1.11. The van der Waals surface area contributed by atoms with Crippen molar-refractivity contribution in [2.45, 2.75) is 17.2 Å². The lowest BCUT2D eigenvalue weighted by molar-refractivity contribution is -0.116. The Morgan fingerprint density at radius 2 is 2.32 bits per heavy atom. The van der Waals surface area contributed by atoms with Gasteiger partial charge in [-0.3, -0.25) is 4.79 Å². The van der Waals surface area contributed by atoms with E-state index in [0.717, 1.165) is 33.2 Å². The van der Waals surface area contributed by atoms with E-state index >= 15 is 0 Å². The summed E-state index contributed by atoms with van der Waals surface area (Å²) in [6.45, 7) is 0.860. The quantitative estimate of drug-likeness (QED) is 0.635. The summed E-state index contributed by atoms with van der Waals surface area (Å²) >= 11 is 3.29. The molecule has 102 valence electrons. The summed E-state index contributed by atoms with van der Waals surface area (Å²) in [5.41, 5.74) is 1.83. The van der Waals surface area contributed by atoms with Crippen LogP contribution in [0, 0.1) is 0 Å². The number of thioether (sulfide) groups is 1. The van der Waals surface area contributed by atoms with Crippen molar-refractivity contribution in [1.82, 2.24) is 10.3 Å². The van der Waals surface area contributed by atoms with Crippen molar-refractivity contribution >= 4 is 44.9 Å². The number of thiazole rings is 1. The van der Waals surface area contributed by atoms with E-state index in [9.17, 15) is 4.79 Å². The van der Waals surface area contributed by atoms with Gasteiger partial charge in [-0.2, -0.15) is 0 Å². The van der Waals surface area contributed by atoms with Gasteiger partial charge >= 0.3 is 0 Å². The number of aromatic nitrogens is 1. The first-order chi connectivity index (χ1) is 9.22. The van der Waals surface area contributed by atoms with Gasteiger partial charge in [-0.05, 0) is 44.5 Å². The SMILES string of the molecule is CNCCCC(=O)Nc1ccc2nc(SC)sc2c1. The molecule has 0 radical (unpaired) electrons. The van der Waals surface area contributed by atoms with E-state index in [1.165, 1.54) is 0 Å². The zero-order chi connectivity index (χ0) is 13.7. The fraction of sp³-hybridized carbons (Fsp3) is 0.385. The first-order valence-corrected chi connectivity index (χ1v) is 8.16. The molecule has 1 amide bonds. The van der Waals surface area contributed by atoms with Crippen LogP contribution in [0.4, 0.5) is 5.69 Å². The molecule has 1 heterocycles. The first kappa shape index (κ1) is 14.3. The molecule has 0 saturated heterocycles. The zero-order valence-electron chi connectivity index (χ0n) is 11.0. The fourth-order valence-corrected chi connectivity index (χ4v) is 3.25. The normalized spacial score (nSPS) is 10.8. The molecule has 0 aliphatic carbocycles. The van der Waals surface area contributed by atoms with Gasteiger partial charge in [0.1, 0.15) is 0 Å². The summed E-state index contributed by atoms with van der Waals surface area (Å²) in [6.07, 6.45) is 3.40. The van der Waals surface area contributed by atoms with Crippen LogP contribution in [0.2, 0.25) is 0 Å². The predicted octanol–water partition coefficient (Wildman–Crippen LogP) is 2.96. The van der Waals surface area contributed by atoms with Gasteiger partial charge in [-0.1, -0.05) is 11.8 Å². The number of fused-ring (bicyclic) bond motifs is 1. The molecule has 2 N–H and O–H groups in total. The topological polar surface area (TPSA) is 54.0 Å². The van der Waals surface area contributed by atoms with Crippen molar-refractivity contribution < 1.29 is 4.79 Å². The molecule has 2 rings (SSSR count). The molecule has 0 saturated carbocycles. The Bertz CT molecular complexity index is 568. The van der Waals surface area contributed by atoms with Crippen molar-refractivity contribution in [3.05, 3.63) is 18.2 Å². The van der Waals surface area contributed by atoms with Gasteiger partial charge in [0.2, 0.25) is 5.91 Å². The number of benzene rings is 1. The third kappa shape index (κ3) is 3.92. The molecule has 0 aliphatic rings. The maximum Gasteiger partial charge on any atom is 0.224 e. The second-order valence-electron chi connectivity index (χ2n) is 4.12. The molecule has 1 aromatic carbocycles. The Kier molecular flexibility index (Phi) is 5.18. The molecule has 0 spiro atoms. The summed E-state index contributed by atoms with van der Waals surface area (Å²) in [5, 5.41) is 5.96. The van der Waals surface area contributed by atoms with Gasteiger partial charge in [-0.25, -0.2) is 4.98 Å². The standard InChI is InChI=1S/C13H17N3OS2/c1-14-7-3-4-12(17)15-9-5-6-10-11(8-9)19-13(16-10)18-2/h5-6,8,14H,3-4,7H2,1-2H3,(H,15,17). The van der Waals surface area contributed by atoms with E-state index in [0.29, 0.717) is 6.42 Å². The minimum Gasteiger partial charge on any atom is -0.326 e. The second kappa shape index (κ2) is 6.88. The van der Waals surface area contributed by atoms with Crippen LogP contribution in [-0.4, -0.2) is 30.7 Å². The van der Waals surface area contributed by atoms with Gasteiger partial charge in [0.05, 0.1) is 10.2 Å². The van der Waals surface area contributed by atoms with E-state index in [1.807, 2.05) is 31.5 Å². The molecule has 4 nitrogen and oxygen atoms in total. The molecular formula is C13H17N3OS2. The number of rotatable bonds is 6. The van der Waals surface area contributed by atoms with Crippen LogP contribution in [0.25, 0.3) is 10.2 Å². The number of amides is 1. The zero-order valence-corrected chi connectivity index (χ0v) is 12.7. The highest BCUT2D eigenvalue weighted by Gasteiger charge is 2.06. The Labute approximate surface area is 121 Å². The lowest BCUT2D eigenvalue weighted by Gasteiger charge is -2.04. The van der Waals surface area contributed by atoms with Crippen LogP contribution in [-0.2, 0) is 4.79 Å². The van der Waals surface area contributed by atoms with E-state index in [2.05, 4.69) is 15.6 Å². The number of nitrogens with one attached hydrogen (secondary N) is 2. The molecule has 0 bridgehead atoms. The van der Waals surface area contributed by atoms with E-state index in [-0.39, 0.29) is 5.91 Å². The summed E-state index contributed by atoms with van der Waals surface area (Å²) in [7, 11) is 1.89. The molecule has 0 aliphatic heterocycles. The number of carbonyl (C=O) groups is 1. The Morgan fingerprint density at radius 1 is 1.47 bits per heavy atom. The minimum atomic E-state index is 0.0594. The third-order valence-corrected chi connectivity index (χ3v) is 4.66. The van der Waals surface area contributed by atoms with Crippen molar-refractivity contribution in [3.8, 4) is 0 Å². The maximum atomic E-state index is 11.7. The van der Waals surface area contributed by atoms with Crippen molar-refractivity contribution in [1.29, 1.82) is 0 Å². The van der Waals surface area contributed by atoms with Gasteiger partial charge in [0, 0.05) is 12.1 Å². The summed E-state index contributed by atoms with van der Waals surface area (Å²) in [6, 6.07) is 5.85. The van der Waals surface area contributed by atoms with Crippen LogP contribution in [0.15, 0.2) is 22.5 Å². The van der Waals surface area contributed by atoms with Gasteiger partial charge in [-0.15, -0.1) is 11.3 Å². The molecule has 1 aromatic heterocycles. The Morgan fingerprint density at radius 3 is 3.05 bits per heavy atom. The number of hydrogen-bond donors (Lipinski definition) is 2. The molecule has 0 fully saturated rings. The van der Waals surface area contributed by atoms with Crippen molar-refractivity contribution in [3.63, 3.8) is 0 Å². The first-order valence-electron chi connectivity index (χ1n) is 6.12. The smallest absolute Gasteiger partial charge is 0.224 e. The van der Waals surface area contributed by atoms with Gasteiger partial charge in [0.15, 0.2) is 4.34 Å². The van der Waals surface area contributed by atoms with E-state index in [4.69, 9.17) is 0 Å². The van der Waals surface area contributed by atoms with Crippen LogP contribution in [0.3, 0.4) is 0 Å². The lowest BCUT2D eigenvalue weighted by Crippen LogP contribution is -2.15. The van der Waals surface area contributed by atoms with Crippen molar-refractivity contribution in [2.24, 2.45) is 0 Å². The summed E-state index contributed by atoms with van der Waals surface area (Å²) in [4.78, 5) is 16.2. The van der Waals surface area contributed by atoms with Crippen LogP contribution >= 0.6 is 23.1 Å². The minimum absolute atomic E-state index is 0.0594. The maximum absolute atomic E-state index is 11.7. The van der Waals surface area contributed by atoms with Crippen LogP contribution in [0.5, 0.6) is 0 Å². The largest absolute Gasteiger partial charge is 0.326 e. The predicted molar refractivity (Wildman–Crippen MR) is 83.2 cm³/mol. The molecular weight excluding hydrogens is 278 g/mol. The molecule has 0 atom stereocenters. The van der Waals surface area contributed by atoms with Gasteiger partial charge < -0.3 is 10.6 Å². The van der Waals surface area contributed by atoms with Gasteiger partial charge in [0.25, 0.3) is 0 Å². The van der Waals surface area contributed by atoms with Crippen molar-refractivity contribution in [2.75, 3.05) is 25.2 Å². The highest BCUT2D eigenvalue weighted by Crippen LogP contribution is 2.29. The fourth-order valence-electron chi connectivity index (χ4n) is 1.72. The van der Waals surface area contributed by atoms with Crippen LogP contribution < -0.4 is 10.6 Å². The third-order valence-electron chi connectivity index (χ3n) is 2.66. The van der Waals surface area contributed by atoms with E-state index in [1.54, 1.807) is 23.1 Å². The number of nitrogens with zero attached hydrogens (tertiary/aromatic N) is 1. The highest BCUT2D eigenvalue weighted by atomic mass is 32.2.